The van der Waals surface area contributed by atoms with Crippen LogP contribution >= 0.6 is 0 Å². The summed E-state index contributed by atoms with van der Waals surface area (Å²) in [5.41, 5.74) is 7.13. The van der Waals surface area contributed by atoms with E-state index >= 15 is 0 Å². The highest BCUT2D eigenvalue weighted by molar-refractivity contribution is 5.54. The van der Waals surface area contributed by atoms with Crippen LogP contribution in [-0.2, 0) is 17.9 Å². The average molecular weight is 293 g/mol. The van der Waals surface area contributed by atoms with Crippen molar-refractivity contribution in [2.24, 2.45) is 5.73 Å². The van der Waals surface area contributed by atoms with Crippen molar-refractivity contribution >= 4 is 5.69 Å². The zero-order valence-corrected chi connectivity index (χ0v) is 11.6. The van der Waals surface area contributed by atoms with Crippen molar-refractivity contribution in [2.45, 2.75) is 13.2 Å². The fourth-order valence-electron chi connectivity index (χ4n) is 1.92. The Bertz CT molecular complexity index is 655. The topological polar surface area (TPSA) is 118 Å². The van der Waals surface area contributed by atoms with Crippen molar-refractivity contribution in [3.05, 3.63) is 39.7 Å². The summed E-state index contributed by atoms with van der Waals surface area (Å²) in [6, 6.07) is 4.24. The number of nitrogens with zero attached hydrogens (tertiary/aromatic N) is 4. The van der Waals surface area contributed by atoms with E-state index in [1.165, 1.54) is 37.1 Å². The van der Waals surface area contributed by atoms with Crippen LogP contribution in [0.1, 0.15) is 11.4 Å². The van der Waals surface area contributed by atoms with Crippen LogP contribution in [0.4, 0.5) is 5.69 Å². The largest absolute Gasteiger partial charge is 0.494 e. The first-order valence-corrected chi connectivity index (χ1v) is 6.07. The number of benzene rings is 1. The van der Waals surface area contributed by atoms with Gasteiger partial charge in [-0.2, -0.15) is 0 Å². The first kappa shape index (κ1) is 14.9. The summed E-state index contributed by atoms with van der Waals surface area (Å²) < 4.78 is 11.8. The molecule has 0 radical (unpaired) electrons. The molecule has 0 bridgehead atoms. The molecule has 0 saturated carbocycles. The van der Waals surface area contributed by atoms with Crippen LogP contribution in [0.5, 0.6) is 5.75 Å². The van der Waals surface area contributed by atoms with Crippen molar-refractivity contribution in [1.82, 2.24) is 15.0 Å². The van der Waals surface area contributed by atoms with E-state index in [1.54, 1.807) is 0 Å². The van der Waals surface area contributed by atoms with Crippen LogP contribution in [-0.4, -0.2) is 34.1 Å². The Hall–Kier alpha value is -2.52. The molecule has 2 N–H and O–H groups in total. The van der Waals surface area contributed by atoms with Crippen LogP contribution < -0.4 is 10.5 Å². The van der Waals surface area contributed by atoms with Crippen molar-refractivity contribution < 1.29 is 14.4 Å². The van der Waals surface area contributed by atoms with E-state index in [1.807, 2.05) is 0 Å². The molecule has 0 unspecified atom stereocenters. The highest BCUT2D eigenvalue weighted by Crippen LogP contribution is 2.28. The minimum absolute atomic E-state index is 0.0704. The second-order valence-corrected chi connectivity index (χ2v) is 4.15. The Morgan fingerprint density at radius 2 is 2.19 bits per heavy atom. The quantitative estimate of drug-likeness (QED) is 0.617. The molecule has 1 heterocycles. The summed E-state index contributed by atoms with van der Waals surface area (Å²) in [6.45, 7) is 0.418. The molecule has 2 aromatic rings. The Balaban J connectivity index is 2.61. The fraction of sp³-hybridized carbons (Fsp3) is 0.333. The third-order valence-electron chi connectivity index (χ3n) is 2.92. The van der Waals surface area contributed by atoms with Gasteiger partial charge in [0.1, 0.15) is 17.1 Å². The monoisotopic (exact) mass is 293 g/mol. The zero-order chi connectivity index (χ0) is 15.4. The average Bonchev–Trinajstić information content (AvgIpc) is 2.89. The molecule has 0 aliphatic heterocycles. The first-order valence-electron chi connectivity index (χ1n) is 6.07. The first-order chi connectivity index (χ1) is 10.1. The van der Waals surface area contributed by atoms with Crippen LogP contribution in [0.15, 0.2) is 18.2 Å². The molecule has 1 aromatic heterocycles. The summed E-state index contributed by atoms with van der Waals surface area (Å²) in [4.78, 5) is 10.4. The smallest absolute Gasteiger partial charge is 0.271 e. The number of ether oxygens (including phenoxy) is 2. The number of nitro groups is 1. The number of nitrogens with two attached hydrogens (primary N) is 1. The van der Waals surface area contributed by atoms with Gasteiger partial charge in [-0.1, -0.05) is 5.21 Å². The van der Waals surface area contributed by atoms with Gasteiger partial charge in [-0.3, -0.25) is 10.1 Å². The minimum Gasteiger partial charge on any atom is -0.494 e. The van der Waals surface area contributed by atoms with Crippen LogP contribution in [0.25, 0.3) is 5.69 Å². The number of hydrogen-bond donors (Lipinski definition) is 1. The summed E-state index contributed by atoms with van der Waals surface area (Å²) in [5.74, 6) is 0.437. The lowest BCUT2D eigenvalue weighted by molar-refractivity contribution is -0.384. The molecule has 112 valence electrons. The van der Waals surface area contributed by atoms with E-state index in [9.17, 15) is 10.1 Å². The van der Waals surface area contributed by atoms with Gasteiger partial charge in [0.2, 0.25) is 0 Å². The predicted octanol–water partition coefficient (Wildman–Crippen LogP) is 0.789. The second-order valence-electron chi connectivity index (χ2n) is 4.15. The summed E-state index contributed by atoms with van der Waals surface area (Å²) in [5, 5.41) is 18.9. The number of methoxy groups -OCH3 is 2. The van der Waals surface area contributed by atoms with E-state index in [2.05, 4.69) is 10.3 Å². The lowest BCUT2D eigenvalue weighted by Crippen LogP contribution is -2.08. The maximum atomic E-state index is 10.9. The molecule has 21 heavy (non-hydrogen) atoms. The van der Waals surface area contributed by atoms with Crippen molar-refractivity contribution in [2.75, 3.05) is 14.2 Å². The third kappa shape index (κ3) is 2.83. The molecule has 0 amide bonds. The van der Waals surface area contributed by atoms with Crippen molar-refractivity contribution in [1.29, 1.82) is 0 Å². The molecule has 0 atom stereocenters. The zero-order valence-electron chi connectivity index (χ0n) is 11.6. The number of non-ortho nitro benzene ring substituents is 1. The fourth-order valence-corrected chi connectivity index (χ4v) is 1.92. The number of rotatable bonds is 6. The van der Waals surface area contributed by atoms with Crippen LogP contribution in [0, 0.1) is 10.1 Å². The van der Waals surface area contributed by atoms with Gasteiger partial charge < -0.3 is 15.2 Å². The minimum atomic E-state index is -0.486. The van der Waals surface area contributed by atoms with Gasteiger partial charge in [-0.25, -0.2) is 4.68 Å². The number of hydrogen-bond acceptors (Lipinski definition) is 7. The molecule has 9 heteroatoms. The van der Waals surface area contributed by atoms with Crippen LogP contribution in [0.3, 0.4) is 0 Å². The standard InChI is InChI=1S/C12H15N5O4/c1-20-7-11-9(6-13)14-15-16(11)10-5-8(17(18)19)3-4-12(10)21-2/h3-5H,6-7,13H2,1-2H3. The molecule has 0 spiro atoms. The van der Waals surface area contributed by atoms with Gasteiger partial charge in [0.25, 0.3) is 5.69 Å². The van der Waals surface area contributed by atoms with Crippen LogP contribution in [0.2, 0.25) is 0 Å². The summed E-state index contributed by atoms with van der Waals surface area (Å²) >= 11 is 0. The van der Waals surface area contributed by atoms with Gasteiger partial charge in [0.05, 0.1) is 24.3 Å². The Kier molecular flexibility index (Phi) is 4.45. The SMILES string of the molecule is COCc1c(CN)nnn1-c1cc([N+](=O)[O-])ccc1OC. The maximum absolute atomic E-state index is 10.9. The Morgan fingerprint density at radius 1 is 1.43 bits per heavy atom. The molecule has 9 nitrogen and oxygen atoms in total. The van der Waals surface area contributed by atoms with Gasteiger partial charge in [-0.15, -0.1) is 5.10 Å². The highest BCUT2D eigenvalue weighted by Gasteiger charge is 2.19. The molecule has 0 aliphatic carbocycles. The van der Waals surface area contributed by atoms with Gasteiger partial charge in [-0.05, 0) is 6.07 Å². The normalized spacial score (nSPS) is 10.6. The van der Waals surface area contributed by atoms with Gasteiger partial charge in [0.15, 0.2) is 0 Å². The van der Waals surface area contributed by atoms with Crippen molar-refractivity contribution in [3.8, 4) is 11.4 Å². The highest BCUT2D eigenvalue weighted by atomic mass is 16.6. The van der Waals surface area contributed by atoms with E-state index in [4.69, 9.17) is 15.2 Å². The molecule has 0 aliphatic rings. The molecular formula is C12H15N5O4. The predicted molar refractivity (Wildman–Crippen MR) is 73.2 cm³/mol. The lowest BCUT2D eigenvalue weighted by Gasteiger charge is -2.10. The van der Waals surface area contributed by atoms with E-state index < -0.39 is 4.92 Å². The Morgan fingerprint density at radius 3 is 2.76 bits per heavy atom. The second kappa shape index (κ2) is 6.29. The van der Waals surface area contributed by atoms with Crippen molar-refractivity contribution in [3.63, 3.8) is 0 Å². The molecule has 1 aromatic carbocycles. The van der Waals surface area contributed by atoms with Gasteiger partial charge >= 0.3 is 0 Å². The third-order valence-corrected chi connectivity index (χ3v) is 2.92. The summed E-state index contributed by atoms with van der Waals surface area (Å²) in [7, 11) is 3.00. The van der Waals surface area contributed by atoms with E-state index in [0.717, 1.165) is 0 Å². The van der Waals surface area contributed by atoms with Gasteiger partial charge in [0, 0.05) is 25.8 Å². The molecule has 2 rings (SSSR count). The number of aromatic nitrogens is 3. The lowest BCUT2D eigenvalue weighted by atomic mass is 10.2. The summed E-state index contributed by atoms with van der Waals surface area (Å²) in [6.07, 6.45) is 0. The molecule has 0 fully saturated rings. The number of nitro benzene ring substituents is 1. The molecule has 0 saturated heterocycles. The molecular weight excluding hydrogens is 278 g/mol. The Labute approximate surface area is 120 Å². The van der Waals surface area contributed by atoms with E-state index in [-0.39, 0.29) is 18.8 Å². The maximum Gasteiger partial charge on any atom is 0.271 e. The van der Waals surface area contributed by atoms with E-state index in [0.29, 0.717) is 22.8 Å².